The molecule has 1 unspecified atom stereocenters. The number of hydrogen-bond acceptors (Lipinski definition) is 3. The van der Waals surface area contributed by atoms with E-state index in [9.17, 15) is 0 Å². The van der Waals surface area contributed by atoms with Crippen molar-refractivity contribution in [1.82, 2.24) is 5.32 Å². The Hall–Kier alpha value is 0.170. The van der Waals surface area contributed by atoms with Crippen molar-refractivity contribution in [2.24, 2.45) is 11.8 Å². The molecule has 3 nitrogen and oxygen atoms in total. The summed E-state index contributed by atoms with van der Waals surface area (Å²) in [5.41, 5.74) is 0. The minimum atomic E-state index is 0. The second-order valence-electron chi connectivity index (χ2n) is 2.88. The molecule has 0 radical (unpaired) electrons. The molecule has 1 atom stereocenters. The first kappa shape index (κ1) is 11.2. The summed E-state index contributed by atoms with van der Waals surface area (Å²) in [5.74, 6) is 0.574. The van der Waals surface area contributed by atoms with Gasteiger partial charge in [-0.15, -0.1) is 12.4 Å². The largest absolute Gasteiger partial charge is 0.396 e. The number of nitrogens with one attached hydrogen (secondary N) is 1. The molecule has 0 aliphatic carbocycles. The zero-order valence-electron chi connectivity index (χ0n) is 6.49. The maximum absolute atomic E-state index is 8.80. The van der Waals surface area contributed by atoms with Gasteiger partial charge in [-0.2, -0.15) is 0 Å². The second kappa shape index (κ2) is 5.77. The van der Waals surface area contributed by atoms with Crippen LogP contribution < -0.4 is 5.32 Å². The van der Waals surface area contributed by atoms with Crippen LogP contribution >= 0.6 is 12.4 Å². The Bertz CT molecular complexity index is 92.4. The molecule has 0 aromatic heterocycles. The average molecular weight is 182 g/mol. The summed E-state index contributed by atoms with van der Waals surface area (Å²) in [4.78, 5) is 0. The van der Waals surface area contributed by atoms with Crippen LogP contribution in [0.25, 0.3) is 0 Å². The molecule has 1 fully saturated rings. The predicted octanol–water partition coefficient (Wildman–Crippen LogP) is -0.382. The van der Waals surface area contributed by atoms with E-state index in [0.29, 0.717) is 5.92 Å². The van der Waals surface area contributed by atoms with E-state index in [1.165, 1.54) is 0 Å². The summed E-state index contributed by atoms with van der Waals surface area (Å²) >= 11 is 0. The van der Waals surface area contributed by atoms with Gasteiger partial charge in [0.15, 0.2) is 0 Å². The maximum atomic E-state index is 8.80. The monoisotopic (exact) mass is 181 g/mol. The standard InChI is InChI=1S/C7H15NO2.ClH/c9-4-7(5-10)6-1-2-8-3-6;/h6-10H,1-5H2;1H. The van der Waals surface area contributed by atoms with E-state index < -0.39 is 0 Å². The number of aliphatic hydroxyl groups excluding tert-OH is 2. The summed E-state index contributed by atoms with van der Waals surface area (Å²) in [6.45, 7) is 2.21. The van der Waals surface area contributed by atoms with E-state index in [1.54, 1.807) is 0 Å². The zero-order chi connectivity index (χ0) is 7.40. The van der Waals surface area contributed by atoms with Crippen molar-refractivity contribution in [3.05, 3.63) is 0 Å². The highest BCUT2D eigenvalue weighted by Gasteiger charge is 2.22. The molecule has 1 heterocycles. The molecule has 3 N–H and O–H groups in total. The van der Waals surface area contributed by atoms with Crippen molar-refractivity contribution in [3.63, 3.8) is 0 Å². The van der Waals surface area contributed by atoms with Crippen LogP contribution in [-0.2, 0) is 0 Å². The van der Waals surface area contributed by atoms with Crippen LogP contribution in [-0.4, -0.2) is 36.5 Å². The molecular formula is C7H16ClNO2. The third kappa shape index (κ3) is 2.95. The third-order valence-electron chi connectivity index (χ3n) is 2.23. The molecule has 0 bridgehead atoms. The first-order valence-corrected chi connectivity index (χ1v) is 3.81. The fourth-order valence-corrected chi connectivity index (χ4v) is 1.44. The Kier molecular flexibility index (Phi) is 5.86. The molecule has 1 saturated heterocycles. The lowest BCUT2D eigenvalue weighted by Crippen LogP contribution is -2.24. The van der Waals surface area contributed by atoms with Crippen molar-refractivity contribution in [3.8, 4) is 0 Å². The van der Waals surface area contributed by atoms with Gasteiger partial charge in [0.1, 0.15) is 0 Å². The number of aliphatic hydroxyl groups is 2. The Morgan fingerprint density at radius 2 is 2.00 bits per heavy atom. The van der Waals surface area contributed by atoms with Crippen molar-refractivity contribution in [1.29, 1.82) is 0 Å². The van der Waals surface area contributed by atoms with Crippen LogP contribution in [0.1, 0.15) is 6.42 Å². The quantitative estimate of drug-likeness (QED) is 0.557. The van der Waals surface area contributed by atoms with Crippen molar-refractivity contribution in [2.45, 2.75) is 6.42 Å². The topological polar surface area (TPSA) is 52.5 Å². The van der Waals surface area contributed by atoms with E-state index in [2.05, 4.69) is 5.32 Å². The van der Waals surface area contributed by atoms with Gasteiger partial charge in [0, 0.05) is 19.1 Å². The Morgan fingerprint density at radius 1 is 1.36 bits per heavy atom. The van der Waals surface area contributed by atoms with Gasteiger partial charge in [-0.05, 0) is 25.4 Å². The number of halogens is 1. The van der Waals surface area contributed by atoms with Gasteiger partial charge < -0.3 is 15.5 Å². The van der Waals surface area contributed by atoms with Gasteiger partial charge in [0.25, 0.3) is 0 Å². The van der Waals surface area contributed by atoms with E-state index in [0.717, 1.165) is 19.5 Å². The highest BCUT2D eigenvalue weighted by atomic mass is 35.5. The first-order chi connectivity index (χ1) is 4.88. The fourth-order valence-electron chi connectivity index (χ4n) is 1.44. The van der Waals surface area contributed by atoms with Gasteiger partial charge in [-0.25, -0.2) is 0 Å². The molecule has 68 valence electrons. The van der Waals surface area contributed by atoms with Gasteiger partial charge in [-0.3, -0.25) is 0 Å². The summed E-state index contributed by atoms with van der Waals surface area (Å²) in [5, 5.41) is 20.8. The molecule has 1 aliphatic heterocycles. The van der Waals surface area contributed by atoms with E-state index >= 15 is 0 Å². The number of hydrogen-bond donors (Lipinski definition) is 3. The molecule has 0 saturated carbocycles. The van der Waals surface area contributed by atoms with Gasteiger partial charge in [-0.1, -0.05) is 0 Å². The Labute approximate surface area is 73.2 Å². The smallest absolute Gasteiger partial charge is 0.0484 e. The highest BCUT2D eigenvalue weighted by Crippen LogP contribution is 2.17. The molecule has 11 heavy (non-hydrogen) atoms. The molecule has 0 aromatic rings. The molecule has 0 amide bonds. The predicted molar refractivity (Wildman–Crippen MR) is 45.9 cm³/mol. The zero-order valence-corrected chi connectivity index (χ0v) is 7.31. The van der Waals surface area contributed by atoms with Crippen LogP contribution in [0.3, 0.4) is 0 Å². The van der Waals surface area contributed by atoms with Crippen LogP contribution in [0.2, 0.25) is 0 Å². The maximum Gasteiger partial charge on any atom is 0.0484 e. The van der Waals surface area contributed by atoms with Crippen LogP contribution in [0, 0.1) is 11.8 Å². The molecule has 4 heteroatoms. The van der Waals surface area contributed by atoms with Crippen molar-refractivity contribution in [2.75, 3.05) is 26.3 Å². The lowest BCUT2D eigenvalue weighted by molar-refractivity contribution is 0.112. The summed E-state index contributed by atoms with van der Waals surface area (Å²) in [6.07, 6.45) is 1.09. The van der Waals surface area contributed by atoms with Gasteiger partial charge in [0.05, 0.1) is 0 Å². The minimum Gasteiger partial charge on any atom is -0.396 e. The lowest BCUT2D eigenvalue weighted by atomic mass is 9.93. The first-order valence-electron chi connectivity index (χ1n) is 3.81. The van der Waals surface area contributed by atoms with Crippen molar-refractivity contribution < 1.29 is 10.2 Å². The highest BCUT2D eigenvalue weighted by molar-refractivity contribution is 5.85. The number of rotatable bonds is 3. The van der Waals surface area contributed by atoms with Crippen molar-refractivity contribution >= 4 is 12.4 Å². The molecule has 1 rings (SSSR count). The van der Waals surface area contributed by atoms with E-state index in [-0.39, 0.29) is 31.5 Å². The van der Waals surface area contributed by atoms with Crippen LogP contribution in [0.5, 0.6) is 0 Å². The summed E-state index contributed by atoms with van der Waals surface area (Å²) in [6, 6.07) is 0. The van der Waals surface area contributed by atoms with Gasteiger partial charge >= 0.3 is 0 Å². The normalized spacial score (nSPS) is 23.7. The fraction of sp³-hybridized carbons (Fsp3) is 1.00. The Morgan fingerprint density at radius 3 is 2.36 bits per heavy atom. The lowest BCUT2D eigenvalue weighted by Gasteiger charge is -2.16. The summed E-state index contributed by atoms with van der Waals surface area (Å²) in [7, 11) is 0. The SMILES string of the molecule is Cl.OCC(CO)C1CCNC1. The van der Waals surface area contributed by atoms with E-state index in [1.807, 2.05) is 0 Å². The molecule has 0 aromatic carbocycles. The summed E-state index contributed by atoms with van der Waals surface area (Å²) < 4.78 is 0. The Balaban J connectivity index is 0.000001000. The second-order valence-corrected chi connectivity index (χ2v) is 2.88. The van der Waals surface area contributed by atoms with Crippen LogP contribution in [0.15, 0.2) is 0 Å². The molecule has 0 spiro atoms. The minimum absolute atomic E-state index is 0. The third-order valence-corrected chi connectivity index (χ3v) is 2.23. The molecular weight excluding hydrogens is 166 g/mol. The van der Waals surface area contributed by atoms with E-state index in [4.69, 9.17) is 10.2 Å². The molecule has 1 aliphatic rings. The van der Waals surface area contributed by atoms with Gasteiger partial charge in [0.2, 0.25) is 0 Å². The average Bonchev–Trinajstić information content (AvgIpc) is 2.43. The van der Waals surface area contributed by atoms with Crippen LogP contribution in [0.4, 0.5) is 0 Å².